The molecule has 0 saturated heterocycles. The fourth-order valence-electron chi connectivity index (χ4n) is 2.72. The van der Waals surface area contributed by atoms with Crippen LogP contribution in [-0.2, 0) is 0 Å². The lowest BCUT2D eigenvalue weighted by molar-refractivity contribution is 0.0773. The third-order valence-electron chi connectivity index (χ3n) is 4.10. The number of pyridine rings is 1. The highest BCUT2D eigenvalue weighted by Crippen LogP contribution is 2.26. The van der Waals surface area contributed by atoms with Crippen molar-refractivity contribution in [3.8, 4) is 11.5 Å². The van der Waals surface area contributed by atoms with E-state index in [1.165, 1.54) is 0 Å². The van der Waals surface area contributed by atoms with Gasteiger partial charge in [-0.1, -0.05) is 13.2 Å². The van der Waals surface area contributed by atoms with Gasteiger partial charge in [0.05, 0.1) is 22.3 Å². The number of imidazole rings is 1. The Bertz CT molecular complexity index is 922. The van der Waals surface area contributed by atoms with Crippen molar-refractivity contribution in [3.05, 3.63) is 42.4 Å². The van der Waals surface area contributed by atoms with Gasteiger partial charge in [0.25, 0.3) is 5.91 Å². The highest BCUT2D eigenvalue weighted by molar-refractivity contribution is 5.99. The molecule has 0 unspecified atom stereocenters. The Morgan fingerprint density at radius 1 is 1.28 bits per heavy atom. The molecular formula is C18H20N6O. The van der Waals surface area contributed by atoms with Gasteiger partial charge in [-0.3, -0.25) is 9.89 Å². The molecule has 128 valence electrons. The van der Waals surface area contributed by atoms with E-state index >= 15 is 0 Å². The topological polar surface area (TPSA) is 90.6 Å². The molecule has 0 fully saturated rings. The second kappa shape index (κ2) is 6.72. The molecule has 0 aliphatic heterocycles. The molecule has 1 amide bonds. The predicted molar refractivity (Wildman–Crippen MR) is 98.9 cm³/mol. The monoisotopic (exact) mass is 336 g/mol. The van der Waals surface area contributed by atoms with Gasteiger partial charge in [-0.25, -0.2) is 9.97 Å². The molecule has 3 heterocycles. The first-order valence-electron chi connectivity index (χ1n) is 8.11. The van der Waals surface area contributed by atoms with Crippen molar-refractivity contribution in [1.29, 1.82) is 0 Å². The normalized spacial score (nSPS) is 10.8. The molecule has 7 nitrogen and oxygen atoms in total. The van der Waals surface area contributed by atoms with Gasteiger partial charge in [-0.05, 0) is 32.1 Å². The van der Waals surface area contributed by atoms with E-state index in [0.717, 1.165) is 11.1 Å². The zero-order chi connectivity index (χ0) is 18.0. The molecule has 2 N–H and O–H groups in total. The van der Waals surface area contributed by atoms with Crippen LogP contribution in [0.2, 0.25) is 0 Å². The van der Waals surface area contributed by atoms with Crippen molar-refractivity contribution < 1.29 is 4.79 Å². The first-order valence-corrected chi connectivity index (χ1v) is 8.11. The van der Waals surface area contributed by atoms with E-state index in [-0.39, 0.29) is 5.91 Å². The molecule has 3 rings (SSSR count). The minimum Gasteiger partial charge on any atom is -0.339 e. The maximum absolute atomic E-state index is 12.6. The van der Waals surface area contributed by atoms with Gasteiger partial charge in [0.15, 0.2) is 11.5 Å². The number of nitrogens with one attached hydrogen (secondary N) is 2. The number of H-pyrrole nitrogens is 2. The van der Waals surface area contributed by atoms with Gasteiger partial charge >= 0.3 is 0 Å². The zero-order valence-corrected chi connectivity index (χ0v) is 14.3. The van der Waals surface area contributed by atoms with Crippen LogP contribution in [0.1, 0.15) is 35.6 Å². The fraction of sp³-hybridized carbons (Fsp3) is 0.222. The molecular weight excluding hydrogens is 316 g/mol. The predicted octanol–water partition coefficient (Wildman–Crippen LogP) is 3.12. The second-order valence-corrected chi connectivity index (χ2v) is 5.46. The number of aromatic nitrogens is 5. The van der Waals surface area contributed by atoms with Crippen molar-refractivity contribution in [2.24, 2.45) is 0 Å². The summed E-state index contributed by atoms with van der Waals surface area (Å²) in [5.74, 6) is 0.547. The summed E-state index contributed by atoms with van der Waals surface area (Å²) in [5.41, 5.74) is 3.21. The van der Waals surface area contributed by atoms with Crippen LogP contribution in [0.5, 0.6) is 0 Å². The molecule has 3 aromatic rings. The maximum atomic E-state index is 12.6. The Morgan fingerprint density at radius 3 is 2.64 bits per heavy atom. The van der Waals surface area contributed by atoms with Gasteiger partial charge in [0.2, 0.25) is 0 Å². The summed E-state index contributed by atoms with van der Waals surface area (Å²) < 4.78 is 0. The number of amides is 1. The average Bonchev–Trinajstić information content (AvgIpc) is 3.25. The second-order valence-electron chi connectivity index (χ2n) is 5.46. The molecule has 0 spiro atoms. The Kier molecular flexibility index (Phi) is 4.47. The summed E-state index contributed by atoms with van der Waals surface area (Å²) in [7, 11) is 0. The summed E-state index contributed by atoms with van der Waals surface area (Å²) in [5, 5.41) is 7.88. The highest BCUT2D eigenvalue weighted by Gasteiger charge is 2.18. The van der Waals surface area contributed by atoms with E-state index in [1.54, 1.807) is 29.3 Å². The summed E-state index contributed by atoms with van der Waals surface area (Å²) in [6.45, 7) is 12.7. The first-order chi connectivity index (χ1) is 12.1. The van der Waals surface area contributed by atoms with E-state index in [9.17, 15) is 4.79 Å². The molecule has 0 aliphatic rings. The molecule has 0 aliphatic carbocycles. The SMILES string of the molecule is C=Cc1nc(-c2[nH]nc3ncc(C(=O)N(CC)CC)cc23)[nH]c1C=C. The van der Waals surface area contributed by atoms with Gasteiger partial charge in [-0.2, -0.15) is 5.10 Å². The molecule has 3 aromatic heterocycles. The Labute approximate surface area is 145 Å². The number of hydrogen-bond acceptors (Lipinski definition) is 4. The maximum Gasteiger partial charge on any atom is 0.255 e. The van der Waals surface area contributed by atoms with Crippen LogP contribution in [0.3, 0.4) is 0 Å². The smallest absolute Gasteiger partial charge is 0.255 e. The van der Waals surface area contributed by atoms with E-state index in [4.69, 9.17) is 0 Å². The third kappa shape index (κ3) is 2.84. The first kappa shape index (κ1) is 16.6. The number of nitrogens with zero attached hydrogens (tertiary/aromatic N) is 4. The quantitative estimate of drug-likeness (QED) is 0.723. The molecule has 7 heteroatoms. The number of fused-ring (bicyclic) bond motifs is 1. The summed E-state index contributed by atoms with van der Waals surface area (Å²) in [6.07, 6.45) is 4.89. The van der Waals surface area contributed by atoms with E-state index in [2.05, 4.69) is 38.3 Å². The average molecular weight is 336 g/mol. The highest BCUT2D eigenvalue weighted by atomic mass is 16.2. The standard InChI is InChI=1S/C18H20N6O/c1-5-13-14(6-2)21-17(20-13)15-12-9-11(10-19-16(12)23-22-15)18(25)24(7-3)8-4/h5-6,9-10H,1-2,7-8H2,3-4H3,(H,20,21)(H,19,22,23). The number of rotatable bonds is 6. The molecule has 0 aromatic carbocycles. The number of carbonyl (C=O) groups excluding carboxylic acids is 1. The minimum atomic E-state index is -0.0513. The lowest BCUT2D eigenvalue weighted by atomic mass is 10.1. The Morgan fingerprint density at radius 2 is 2.04 bits per heavy atom. The van der Waals surface area contributed by atoms with Gasteiger partial charge in [-0.15, -0.1) is 0 Å². The van der Waals surface area contributed by atoms with Crippen LogP contribution in [0.4, 0.5) is 0 Å². The largest absolute Gasteiger partial charge is 0.339 e. The van der Waals surface area contributed by atoms with Crippen LogP contribution >= 0.6 is 0 Å². The van der Waals surface area contributed by atoms with Gasteiger partial charge < -0.3 is 9.88 Å². The van der Waals surface area contributed by atoms with Gasteiger partial charge in [0.1, 0.15) is 5.69 Å². The van der Waals surface area contributed by atoms with Crippen LogP contribution < -0.4 is 0 Å². The van der Waals surface area contributed by atoms with Crippen molar-refractivity contribution >= 4 is 29.1 Å². The van der Waals surface area contributed by atoms with Crippen LogP contribution in [-0.4, -0.2) is 49.0 Å². The van der Waals surface area contributed by atoms with Crippen LogP contribution in [0.15, 0.2) is 25.4 Å². The fourth-order valence-corrected chi connectivity index (χ4v) is 2.72. The van der Waals surface area contributed by atoms with Crippen molar-refractivity contribution in [2.75, 3.05) is 13.1 Å². The number of hydrogen-bond donors (Lipinski definition) is 2. The van der Waals surface area contributed by atoms with E-state index < -0.39 is 0 Å². The van der Waals surface area contributed by atoms with Crippen molar-refractivity contribution in [1.82, 2.24) is 30.0 Å². The lowest BCUT2D eigenvalue weighted by Crippen LogP contribution is -2.30. The van der Waals surface area contributed by atoms with Gasteiger partial charge in [0, 0.05) is 19.3 Å². The molecule has 0 atom stereocenters. The van der Waals surface area contributed by atoms with Crippen LogP contribution in [0.25, 0.3) is 34.7 Å². The van der Waals surface area contributed by atoms with Crippen molar-refractivity contribution in [2.45, 2.75) is 13.8 Å². The third-order valence-corrected chi connectivity index (χ3v) is 4.10. The minimum absolute atomic E-state index is 0.0513. The molecule has 0 saturated carbocycles. The molecule has 0 radical (unpaired) electrons. The van der Waals surface area contributed by atoms with Crippen molar-refractivity contribution in [3.63, 3.8) is 0 Å². The number of aromatic amines is 2. The van der Waals surface area contributed by atoms with E-state index in [1.807, 2.05) is 13.8 Å². The Hall–Kier alpha value is -3.22. The summed E-state index contributed by atoms with van der Waals surface area (Å²) in [6, 6.07) is 1.80. The molecule has 25 heavy (non-hydrogen) atoms. The van der Waals surface area contributed by atoms with Crippen LogP contribution in [0, 0.1) is 0 Å². The Balaban J connectivity index is 2.10. The lowest BCUT2D eigenvalue weighted by Gasteiger charge is -2.18. The molecule has 0 bridgehead atoms. The van der Waals surface area contributed by atoms with E-state index in [0.29, 0.717) is 41.5 Å². The summed E-state index contributed by atoms with van der Waals surface area (Å²) in [4.78, 5) is 26.3. The number of carbonyl (C=O) groups is 1. The zero-order valence-electron chi connectivity index (χ0n) is 14.3. The summed E-state index contributed by atoms with van der Waals surface area (Å²) >= 11 is 0.